The van der Waals surface area contributed by atoms with Crippen LogP contribution >= 0.6 is 0 Å². The molecule has 122 valence electrons. The first-order valence-electron chi connectivity index (χ1n) is 7.90. The standard InChI is InChI=1S/C18H18N4O2/c1-10-7-16(23)21-14-4-3-11(8-15(14)20-10)13-9-22(2)18(24)17-12(13)5-6-19-17/h3-6,8-10,19-20H,7H2,1-2H3,(H,21,23). The van der Waals surface area contributed by atoms with Crippen LogP contribution in [0.2, 0.25) is 0 Å². The summed E-state index contributed by atoms with van der Waals surface area (Å²) in [5.41, 5.74) is 4.18. The molecule has 1 unspecified atom stereocenters. The van der Waals surface area contributed by atoms with Crippen molar-refractivity contribution in [3.8, 4) is 11.1 Å². The maximum Gasteiger partial charge on any atom is 0.274 e. The number of fused-ring (bicyclic) bond motifs is 2. The van der Waals surface area contributed by atoms with Gasteiger partial charge in [-0.05, 0) is 30.7 Å². The molecule has 1 aromatic carbocycles. The highest BCUT2D eigenvalue weighted by Crippen LogP contribution is 2.33. The number of nitrogens with zero attached hydrogens (tertiary/aromatic N) is 1. The van der Waals surface area contributed by atoms with Crippen LogP contribution in [0, 0.1) is 0 Å². The van der Waals surface area contributed by atoms with Gasteiger partial charge in [0, 0.05) is 42.9 Å². The Morgan fingerprint density at radius 1 is 1.17 bits per heavy atom. The summed E-state index contributed by atoms with van der Waals surface area (Å²) in [6, 6.07) is 7.85. The summed E-state index contributed by atoms with van der Waals surface area (Å²) >= 11 is 0. The maximum atomic E-state index is 12.2. The smallest absolute Gasteiger partial charge is 0.274 e. The fraction of sp³-hybridized carbons (Fsp3) is 0.222. The third kappa shape index (κ3) is 2.27. The van der Waals surface area contributed by atoms with Gasteiger partial charge in [-0.2, -0.15) is 0 Å². The lowest BCUT2D eigenvalue weighted by atomic mass is 10.0. The lowest BCUT2D eigenvalue weighted by Crippen LogP contribution is -2.18. The number of anilines is 2. The molecule has 0 fully saturated rings. The number of carbonyl (C=O) groups is 1. The number of pyridine rings is 1. The number of rotatable bonds is 1. The van der Waals surface area contributed by atoms with E-state index in [4.69, 9.17) is 0 Å². The number of hydrogen-bond acceptors (Lipinski definition) is 3. The van der Waals surface area contributed by atoms with E-state index in [1.165, 1.54) is 0 Å². The average Bonchev–Trinajstić information content (AvgIpc) is 2.96. The van der Waals surface area contributed by atoms with Crippen LogP contribution in [0.3, 0.4) is 0 Å². The first-order chi connectivity index (χ1) is 11.5. The molecule has 3 N–H and O–H groups in total. The number of hydrogen-bond donors (Lipinski definition) is 3. The monoisotopic (exact) mass is 322 g/mol. The predicted molar refractivity (Wildman–Crippen MR) is 95.3 cm³/mol. The minimum atomic E-state index is -0.0486. The zero-order chi connectivity index (χ0) is 16.8. The van der Waals surface area contributed by atoms with Crippen LogP contribution in [0.1, 0.15) is 13.3 Å². The molecule has 24 heavy (non-hydrogen) atoms. The molecule has 3 heterocycles. The molecule has 0 saturated heterocycles. The van der Waals surface area contributed by atoms with Crippen molar-refractivity contribution in [3.05, 3.63) is 47.0 Å². The molecule has 3 aromatic rings. The van der Waals surface area contributed by atoms with Crippen molar-refractivity contribution in [2.45, 2.75) is 19.4 Å². The van der Waals surface area contributed by atoms with Crippen molar-refractivity contribution in [3.63, 3.8) is 0 Å². The van der Waals surface area contributed by atoms with Gasteiger partial charge in [0.15, 0.2) is 0 Å². The zero-order valence-electron chi connectivity index (χ0n) is 13.5. The third-order valence-electron chi connectivity index (χ3n) is 4.39. The molecule has 1 amide bonds. The second kappa shape index (κ2) is 5.26. The predicted octanol–water partition coefficient (Wildman–Crippen LogP) is 2.68. The van der Waals surface area contributed by atoms with E-state index in [-0.39, 0.29) is 17.5 Å². The topological polar surface area (TPSA) is 78.9 Å². The Kier molecular flexibility index (Phi) is 3.19. The first-order valence-corrected chi connectivity index (χ1v) is 7.90. The van der Waals surface area contributed by atoms with Crippen LogP contribution in [-0.2, 0) is 11.8 Å². The van der Waals surface area contributed by atoms with Crippen LogP contribution < -0.4 is 16.2 Å². The summed E-state index contributed by atoms with van der Waals surface area (Å²) in [4.78, 5) is 27.1. The Morgan fingerprint density at radius 3 is 2.83 bits per heavy atom. The van der Waals surface area contributed by atoms with Gasteiger partial charge in [0.2, 0.25) is 5.91 Å². The third-order valence-corrected chi connectivity index (χ3v) is 4.39. The molecular weight excluding hydrogens is 304 g/mol. The SMILES string of the molecule is CC1CC(=O)Nc2ccc(-c3cn(C)c(=O)c4[nH]ccc34)cc2N1. The summed E-state index contributed by atoms with van der Waals surface area (Å²) in [6.07, 6.45) is 4.06. The molecule has 0 saturated carbocycles. The van der Waals surface area contributed by atoms with E-state index in [9.17, 15) is 9.59 Å². The number of carbonyl (C=O) groups excluding carboxylic acids is 1. The second-order valence-electron chi connectivity index (χ2n) is 6.28. The van der Waals surface area contributed by atoms with Crippen molar-refractivity contribution >= 4 is 28.2 Å². The van der Waals surface area contributed by atoms with Gasteiger partial charge >= 0.3 is 0 Å². The minimum absolute atomic E-state index is 0.0108. The highest BCUT2D eigenvalue weighted by molar-refractivity contribution is 5.99. The first kappa shape index (κ1) is 14.6. The molecule has 0 spiro atoms. The largest absolute Gasteiger partial charge is 0.380 e. The number of aryl methyl sites for hydroxylation is 1. The molecule has 0 aliphatic carbocycles. The number of aromatic amines is 1. The van der Waals surface area contributed by atoms with Crippen LogP contribution in [0.25, 0.3) is 22.0 Å². The molecule has 0 radical (unpaired) electrons. The Bertz CT molecular complexity index is 1020. The second-order valence-corrected chi connectivity index (χ2v) is 6.28. The Morgan fingerprint density at radius 2 is 2.00 bits per heavy atom. The Balaban J connectivity index is 1.90. The number of H-pyrrole nitrogens is 1. The average molecular weight is 322 g/mol. The molecular formula is C18H18N4O2. The molecule has 4 rings (SSSR count). The molecule has 0 bridgehead atoms. The van der Waals surface area contributed by atoms with Crippen molar-refractivity contribution in [1.29, 1.82) is 0 Å². The Hall–Kier alpha value is -3.02. The van der Waals surface area contributed by atoms with Gasteiger partial charge in [0.1, 0.15) is 5.52 Å². The van der Waals surface area contributed by atoms with E-state index in [0.717, 1.165) is 27.9 Å². The van der Waals surface area contributed by atoms with Crippen LogP contribution in [0.4, 0.5) is 11.4 Å². The quantitative estimate of drug-likeness (QED) is 0.644. The fourth-order valence-electron chi connectivity index (χ4n) is 3.24. The summed E-state index contributed by atoms with van der Waals surface area (Å²) in [6.45, 7) is 1.98. The lowest BCUT2D eigenvalue weighted by molar-refractivity contribution is -0.116. The normalized spacial score (nSPS) is 17.1. The zero-order valence-corrected chi connectivity index (χ0v) is 13.5. The molecule has 1 aliphatic heterocycles. The van der Waals surface area contributed by atoms with Gasteiger partial charge in [-0.15, -0.1) is 0 Å². The van der Waals surface area contributed by atoms with Crippen molar-refractivity contribution < 1.29 is 4.79 Å². The number of nitrogens with one attached hydrogen (secondary N) is 3. The minimum Gasteiger partial charge on any atom is -0.380 e. The molecule has 1 atom stereocenters. The summed E-state index contributed by atoms with van der Waals surface area (Å²) in [5.74, 6) is 0.0108. The molecule has 6 heteroatoms. The molecule has 1 aliphatic rings. The molecule has 2 aromatic heterocycles. The van der Waals surface area contributed by atoms with Crippen molar-refractivity contribution in [1.82, 2.24) is 9.55 Å². The fourth-order valence-corrected chi connectivity index (χ4v) is 3.24. The lowest BCUT2D eigenvalue weighted by Gasteiger charge is -2.14. The number of benzene rings is 1. The van der Waals surface area contributed by atoms with Crippen LogP contribution in [0.5, 0.6) is 0 Å². The van der Waals surface area contributed by atoms with Crippen molar-refractivity contribution in [2.75, 3.05) is 10.6 Å². The number of amides is 1. The van der Waals surface area contributed by atoms with E-state index in [1.807, 2.05) is 37.4 Å². The summed E-state index contributed by atoms with van der Waals surface area (Å²) in [5, 5.41) is 7.18. The number of aromatic nitrogens is 2. The van der Waals surface area contributed by atoms with E-state index < -0.39 is 0 Å². The van der Waals surface area contributed by atoms with E-state index in [1.54, 1.807) is 17.8 Å². The Labute approximate surface area is 138 Å². The van der Waals surface area contributed by atoms with Gasteiger partial charge in [-0.1, -0.05) is 6.07 Å². The van der Waals surface area contributed by atoms with Gasteiger partial charge < -0.3 is 20.2 Å². The summed E-state index contributed by atoms with van der Waals surface area (Å²) in [7, 11) is 1.75. The van der Waals surface area contributed by atoms with Gasteiger partial charge in [0.05, 0.1) is 11.4 Å². The molecule has 6 nitrogen and oxygen atoms in total. The van der Waals surface area contributed by atoms with Gasteiger partial charge in [-0.25, -0.2) is 0 Å². The highest BCUT2D eigenvalue weighted by Gasteiger charge is 2.18. The maximum absolute atomic E-state index is 12.2. The van der Waals surface area contributed by atoms with Gasteiger partial charge in [-0.3, -0.25) is 9.59 Å². The van der Waals surface area contributed by atoms with E-state index in [2.05, 4.69) is 15.6 Å². The van der Waals surface area contributed by atoms with E-state index >= 15 is 0 Å². The van der Waals surface area contributed by atoms with Crippen LogP contribution in [0.15, 0.2) is 41.5 Å². The van der Waals surface area contributed by atoms with E-state index in [0.29, 0.717) is 11.9 Å². The van der Waals surface area contributed by atoms with Crippen molar-refractivity contribution in [2.24, 2.45) is 7.05 Å². The van der Waals surface area contributed by atoms with Crippen LogP contribution in [-0.4, -0.2) is 21.5 Å². The summed E-state index contributed by atoms with van der Waals surface area (Å²) < 4.78 is 1.58. The highest BCUT2D eigenvalue weighted by atomic mass is 16.1. The van der Waals surface area contributed by atoms with Gasteiger partial charge in [0.25, 0.3) is 5.56 Å².